The van der Waals surface area contributed by atoms with E-state index in [1.807, 2.05) is 50.4 Å². The molecule has 3 nitrogen and oxygen atoms in total. The molecular weight excluding hydrogens is 294 g/mol. The molecule has 0 saturated heterocycles. The number of aryl methyl sites for hydroxylation is 1. The van der Waals surface area contributed by atoms with Crippen molar-refractivity contribution in [3.8, 4) is 5.75 Å². The highest BCUT2D eigenvalue weighted by Gasteiger charge is 2.11. The average molecular weight is 317 g/mol. The Hall–Kier alpha value is -1.81. The predicted molar refractivity (Wildman–Crippen MR) is 91.4 cm³/mol. The van der Waals surface area contributed by atoms with Crippen LogP contribution >= 0.6 is 11.3 Å². The van der Waals surface area contributed by atoms with Gasteiger partial charge in [-0.3, -0.25) is 4.79 Å². The molecule has 1 aromatic heterocycles. The fourth-order valence-corrected chi connectivity index (χ4v) is 2.92. The Kier molecular flexibility index (Phi) is 6.01. The first-order chi connectivity index (χ1) is 10.5. The van der Waals surface area contributed by atoms with Crippen molar-refractivity contribution in [2.75, 3.05) is 0 Å². The van der Waals surface area contributed by atoms with E-state index < -0.39 is 0 Å². The highest BCUT2D eigenvalue weighted by molar-refractivity contribution is 7.07. The van der Waals surface area contributed by atoms with Gasteiger partial charge in [-0.2, -0.15) is 11.3 Å². The molecule has 0 fully saturated rings. The predicted octanol–water partition coefficient (Wildman–Crippen LogP) is 4.35. The van der Waals surface area contributed by atoms with Crippen LogP contribution in [0.15, 0.2) is 41.1 Å². The highest BCUT2D eigenvalue weighted by atomic mass is 32.1. The number of thiophene rings is 1. The van der Waals surface area contributed by atoms with Crippen LogP contribution in [0.5, 0.6) is 5.75 Å². The second-order valence-electron chi connectivity index (χ2n) is 5.66. The summed E-state index contributed by atoms with van der Waals surface area (Å²) in [5, 5.41) is 7.17. The molecule has 0 aliphatic rings. The third-order valence-corrected chi connectivity index (χ3v) is 4.06. The van der Waals surface area contributed by atoms with Gasteiger partial charge in [0.2, 0.25) is 5.91 Å². The van der Waals surface area contributed by atoms with Crippen LogP contribution in [0.4, 0.5) is 0 Å². The smallest absolute Gasteiger partial charge is 0.220 e. The third-order valence-electron chi connectivity index (χ3n) is 3.33. The van der Waals surface area contributed by atoms with Crippen molar-refractivity contribution in [3.63, 3.8) is 0 Å². The van der Waals surface area contributed by atoms with Crippen LogP contribution in [0, 0.1) is 0 Å². The zero-order chi connectivity index (χ0) is 15.9. The summed E-state index contributed by atoms with van der Waals surface area (Å²) in [6.07, 6.45) is 1.45. The minimum Gasteiger partial charge on any atom is -0.491 e. The molecular formula is C18H23NO2S. The van der Waals surface area contributed by atoms with Crippen molar-refractivity contribution in [2.45, 2.75) is 45.8 Å². The van der Waals surface area contributed by atoms with Crippen LogP contribution in [0.1, 0.15) is 44.4 Å². The molecule has 2 rings (SSSR count). The van der Waals surface area contributed by atoms with Gasteiger partial charge in [-0.05, 0) is 67.3 Å². The molecule has 118 valence electrons. The number of hydrogen-bond acceptors (Lipinski definition) is 3. The topological polar surface area (TPSA) is 38.3 Å². The van der Waals surface area contributed by atoms with Gasteiger partial charge < -0.3 is 10.1 Å². The molecule has 0 aliphatic carbocycles. The number of carbonyl (C=O) groups is 1. The minimum atomic E-state index is -0.0225. The molecule has 1 amide bonds. The van der Waals surface area contributed by atoms with Crippen molar-refractivity contribution in [3.05, 3.63) is 52.2 Å². The lowest BCUT2D eigenvalue weighted by Gasteiger charge is -2.16. The van der Waals surface area contributed by atoms with E-state index in [-0.39, 0.29) is 18.1 Å². The molecule has 4 heteroatoms. The first-order valence-corrected chi connectivity index (χ1v) is 8.56. The number of amides is 1. The first-order valence-electron chi connectivity index (χ1n) is 7.61. The maximum atomic E-state index is 12.0. The van der Waals surface area contributed by atoms with Crippen LogP contribution in [0.25, 0.3) is 0 Å². The molecule has 0 bridgehead atoms. The van der Waals surface area contributed by atoms with Crippen LogP contribution in [0.3, 0.4) is 0 Å². The lowest BCUT2D eigenvalue weighted by Crippen LogP contribution is -2.26. The third kappa shape index (κ3) is 5.19. The van der Waals surface area contributed by atoms with Gasteiger partial charge in [0.05, 0.1) is 12.1 Å². The van der Waals surface area contributed by atoms with Gasteiger partial charge in [-0.1, -0.05) is 12.1 Å². The van der Waals surface area contributed by atoms with E-state index >= 15 is 0 Å². The SMILES string of the molecule is CC(C)Oc1cccc([C@@H](C)NC(=O)CCc2ccsc2)c1. The number of nitrogens with one attached hydrogen (secondary N) is 1. The Labute approximate surface area is 136 Å². The van der Waals surface area contributed by atoms with Crippen LogP contribution in [-0.2, 0) is 11.2 Å². The zero-order valence-electron chi connectivity index (χ0n) is 13.3. The summed E-state index contributed by atoms with van der Waals surface area (Å²) in [7, 11) is 0. The number of carbonyl (C=O) groups excluding carboxylic acids is 1. The maximum absolute atomic E-state index is 12.0. The molecule has 22 heavy (non-hydrogen) atoms. The van der Waals surface area contributed by atoms with Gasteiger partial charge in [-0.25, -0.2) is 0 Å². The van der Waals surface area contributed by atoms with Crippen LogP contribution in [-0.4, -0.2) is 12.0 Å². The molecule has 0 saturated carbocycles. The van der Waals surface area contributed by atoms with Crippen molar-refractivity contribution in [1.82, 2.24) is 5.32 Å². The second-order valence-corrected chi connectivity index (χ2v) is 6.44. The quantitative estimate of drug-likeness (QED) is 0.824. The van der Waals surface area contributed by atoms with E-state index in [0.717, 1.165) is 17.7 Å². The van der Waals surface area contributed by atoms with Gasteiger partial charge in [0.25, 0.3) is 0 Å². The van der Waals surface area contributed by atoms with Crippen LogP contribution < -0.4 is 10.1 Å². The Bertz CT molecular complexity index is 593. The Morgan fingerprint density at radius 3 is 2.77 bits per heavy atom. The summed E-state index contributed by atoms with van der Waals surface area (Å²) in [5.74, 6) is 0.917. The monoisotopic (exact) mass is 317 g/mol. The Morgan fingerprint density at radius 2 is 2.09 bits per heavy atom. The lowest BCUT2D eigenvalue weighted by molar-refractivity contribution is -0.121. The number of hydrogen-bond donors (Lipinski definition) is 1. The van der Waals surface area contributed by atoms with Crippen molar-refractivity contribution >= 4 is 17.2 Å². The number of ether oxygens (including phenoxy) is 1. The van der Waals surface area contributed by atoms with E-state index in [2.05, 4.69) is 16.8 Å². The summed E-state index contributed by atoms with van der Waals surface area (Å²) < 4.78 is 5.69. The summed E-state index contributed by atoms with van der Waals surface area (Å²) in [6, 6.07) is 9.94. The summed E-state index contributed by atoms with van der Waals surface area (Å²) in [4.78, 5) is 12.0. The summed E-state index contributed by atoms with van der Waals surface area (Å²) in [5.41, 5.74) is 2.28. The van der Waals surface area contributed by atoms with Crippen LogP contribution in [0.2, 0.25) is 0 Å². The van der Waals surface area contributed by atoms with Gasteiger partial charge in [0.1, 0.15) is 5.75 Å². The molecule has 1 heterocycles. The van der Waals surface area contributed by atoms with E-state index in [1.165, 1.54) is 5.56 Å². The molecule has 0 aliphatic heterocycles. The molecule has 2 aromatic rings. The van der Waals surface area contributed by atoms with Gasteiger partial charge in [0.15, 0.2) is 0 Å². The largest absolute Gasteiger partial charge is 0.491 e. The number of rotatable bonds is 7. The van der Waals surface area contributed by atoms with E-state index in [0.29, 0.717) is 6.42 Å². The average Bonchev–Trinajstić information content (AvgIpc) is 2.98. The van der Waals surface area contributed by atoms with E-state index in [4.69, 9.17) is 4.74 Å². The van der Waals surface area contributed by atoms with Gasteiger partial charge in [-0.15, -0.1) is 0 Å². The van der Waals surface area contributed by atoms with Crippen molar-refractivity contribution in [2.24, 2.45) is 0 Å². The maximum Gasteiger partial charge on any atom is 0.220 e. The fourth-order valence-electron chi connectivity index (χ4n) is 2.22. The fraction of sp³-hybridized carbons (Fsp3) is 0.389. The van der Waals surface area contributed by atoms with Gasteiger partial charge >= 0.3 is 0 Å². The molecule has 0 unspecified atom stereocenters. The summed E-state index contributed by atoms with van der Waals surface area (Å²) in [6.45, 7) is 6.00. The molecule has 1 aromatic carbocycles. The molecule has 1 N–H and O–H groups in total. The summed E-state index contributed by atoms with van der Waals surface area (Å²) >= 11 is 1.66. The van der Waals surface area contributed by atoms with E-state index in [1.54, 1.807) is 11.3 Å². The Morgan fingerprint density at radius 1 is 1.27 bits per heavy atom. The normalized spacial score (nSPS) is 12.2. The van der Waals surface area contributed by atoms with Crippen molar-refractivity contribution < 1.29 is 9.53 Å². The first kappa shape index (κ1) is 16.6. The van der Waals surface area contributed by atoms with E-state index in [9.17, 15) is 4.79 Å². The minimum absolute atomic E-state index is 0.0225. The molecule has 0 spiro atoms. The Balaban J connectivity index is 1.88. The lowest BCUT2D eigenvalue weighted by atomic mass is 10.1. The highest BCUT2D eigenvalue weighted by Crippen LogP contribution is 2.20. The van der Waals surface area contributed by atoms with Crippen molar-refractivity contribution in [1.29, 1.82) is 0 Å². The van der Waals surface area contributed by atoms with Gasteiger partial charge in [0, 0.05) is 6.42 Å². The molecule has 1 atom stereocenters. The zero-order valence-corrected chi connectivity index (χ0v) is 14.2. The molecule has 0 radical (unpaired) electrons. The second kappa shape index (κ2) is 7.99. The standard InChI is InChI=1S/C18H23NO2S/c1-13(2)21-17-6-4-5-16(11-17)14(3)19-18(20)8-7-15-9-10-22-12-15/h4-6,9-14H,7-8H2,1-3H3,(H,19,20)/t14-/m1/s1. The number of benzene rings is 1.